The summed E-state index contributed by atoms with van der Waals surface area (Å²) < 4.78 is 24.2. The van der Waals surface area contributed by atoms with E-state index in [9.17, 15) is 4.39 Å². The summed E-state index contributed by atoms with van der Waals surface area (Å²) in [6, 6.07) is 4.56. The van der Waals surface area contributed by atoms with Crippen LogP contribution in [0.5, 0.6) is 0 Å². The zero-order valence-electron chi connectivity index (χ0n) is 10.7. The van der Waals surface area contributed by atoms with Gasteiger partial charge in [-0.1, -0.05) is 11.8 Å². The van der Waals surface area contributed by atoms with E-state index in [-0.39, 0.29) is 12.4 Å². The average Bonchev–Trinajstić information content (AvgIpc) is 2.89. The number of aliphatic hydroxyl groups is 1. The first-order valence-corrected chi connectivity index (χ1v) is 6.32. The highest BCUT2D eigenvalue weighted by Crippen LogP contribution is 2.14. The van der Waals surface area contributed by atoms with Crippen molar-refractivity contribution in [2.24, 2.45) is 5.92 Å². The lowest BCUT2D eigenvalue weighted by Crippen LogP contribution is -2.09. The normalized spacial score (nSPS) is 18.1. The number of hydrogen-bond acceptors (Lipinski definition) is 3. The van der Waals surface area contributed by atoms with Crippen LogP contribution in [0.4, 0.5) is 4.39 Å². The molecule has 19 heavy (non-hydrogen) atoms. The Labute approximate surface area is 112 Å². The van der Waals surface area contributed by atoms with E-state index in [1.165, 1.54) is 12.1 Å². The molecule has 0 bridgehead atoms. The molecule has 0 radical (unpaired) electrons. The molecule has 1 aliphatic heterocycles. The molecule has 3 nitrogen and oxygen atoms in total. The Bertz CT molecular complexity index is 470. The van der Waals surface area contributed by atoms with Crippen molar-refractivity contribution in [3.8, 4) is 11.8 Å². The quantitative estimate of drug-likeness (QED) is 0.842. The van der Waals surface area contributed by atoms with Gasteiger partial charge in [-0.3, -0.25) is 0 Å². The summed E-state index contributed by atoms with van der Waals surface area (Å²) in [6.07, 6.45) is 1.02. The van der Waals surface area contributed by atoms with Crippen molar-refractivity contribution in [3.63, 3.8) is 0 Å². The molecule has 0 amide bonds. The fraction of sp³-hybridized carbons (Fsp3) is 0.467. The Morgan fingerprint density at radius 2 is 2.32 bits per heavy atom. The molecule has 1 fully saturated rings. The first-order valence-electron chi connectivity index (χ1n) is 6.32. The molecule has 1 N–H and O–H groups in total. The summed E-state index contributed by atoms with van der Waals surface area (Å²) in [5.74, 6) is 5.30. The molecule has 2 rings (SSSR count). The lowest BCUT2D eigenvalue weighted by molar-refractivity contribution is 0.0790. The second-order valence-corrected chi connectivity index (χ2v) is 4.55. The molecule has 1 saturated heterocycles. The van der Waals surface area contributed by atoms with Crippen LogP contribution in [-0.2, 0) is 16.1 Å². The average molecular weight is 264 g/mol. The van der Waals surface area contributed by atoms with Gasteiger partial charge in [-0.15, -0.1) is 0 Å². The number of hydrogen-bond donors (Lipinski definition) is 1. The molecule has 1 aliphatic rings. The van der Waals surface area contributed by atoms with Gasteiger partial charge in [-0.25, -0.2) is 4.39 Å². The van der Waals surface area contributed by atoms with Crippen LogP contribution in [0, 0.1) is 23.6 Å². The van der Waals surface area contributed by atoms with Gasteiger partial charge < -0.3 is 14.6 Å². The highest BCUT2D eigenvalue weighted by molar-refractivity contribution is 5.37. The third kappa shape index (κ3) is 4.64. The molecule has 1 aromatic rings. The van der Waals surface area contributed by atoms with Crippen molar-refractivity contribution in [1.82, 2.24) is 0 Å². The predicted molar refractivity (Wildman–Crippen MR) is 68.9 cm³/mol. The van der Waals surface area contributed by atoms with Crippen molar-refractivity contribution in [1.29, 1.82) is 0 Å². The fourth-order valence-corrected chi connectivity index (χ4v) is 2.01. The van der Waals surface area contributed by atoms with Gasteiger partial charge in [0.05, 0.1) is 19.8 Å². The van der Waals surface area contributed by atoms with Gasteiger partial charge in [-0.2, -0.15) is 0 Å². The number of ether oxygens (including phenoxy) is 2. The number of rotatable bonds is 4. The summed E-state index contributed by atoms with van der Waals surface area (Å²) in [6.45, 7) is 2.31. The van der Waals surface area contributed by atoms with Crippen LogP contribution in [0.3, 0.4) is 0 Å². The van der Waals surface area contributed by atoms with Gasteiger partial charge in [0.25, 0.3) is 0 Å². The van der Waals surface area contributed by atoms with Gasteiger partial charge in [0, 0.05) is 18.1 Å². The minimum atomic E-state index is -0.340. The molecule has 1 atom stereocenters. The zero-order valence-corrected chi connectivity index (χ0v) is 10.7. The van der Waals surface area contributed by atoms with E-state index < -0.39 is 0 Å². The smallest absolute Gasteiger partial charge is 0.124 e. The Balaban J connectivity index is 1.89. The first kappa shape index (κ1) is 14.0. The second-order valence-electron chi connectivity index (χ2n) is 4.55. The van der Waals surface area contributed by atoms with Crippen molar-refractivity contribution < 1.29 is 19.0 Å². The highest BCUT2D eigenvalue weighted by atomic mass is 19.1. The summed E-state index contributed by atoms with van der Waals surface area (Å²) >= 11 is 0. The maximum absolute atomic E-state index is 13.4. The van der Waals surface area contributed by atoms with E-state index in [2.05, 4.69) is 11.8 Å². The number of aliphatic hydroxyl groups excluding tert-OH is 1. The first-order chi connectivity index (χ1) is 9.28. The van der Waals surface area contributed by atoms with E-state index in [0.29, 0.717) is 24.7 Å². The molecule has 0 aliphatic carbocycles. The summed E-state index contributed by atoms with van der Waals surface area (Å²) in [5, 5.41) is 8.62. The van der Waals surface area contributed by atoms with E-state index >= 15 is 0 Å². The monoisotopic (exact) mass is 264 g/mol. The van der Waals surface area contributed by atoms with Crippen LogP contribution in [-0.4, -0.2) is 31.5 Å². The molecule has 4 heteroatoms. The van der Waals surface area contributed by atoms with E-state index in [1.807, 2.05) is 0 Å². The molecule has 1 heterocycles. The molecule has 0 aromatic heterocycles. The minimum absolute atomic E-state index is 0.232. The van der Waals surface area contributed by atoms with Crippen LogP contribution in [0.15, 0.2) is 18.2 Å². The van der Waals surface area contributed by atoms with Crippen LogP contribution in [0.2, 0.25) is 0 Å². The highest BCUT2D eigenvalue weighted by Gasteiger charge is 2.15. The van der Waals surface area contributed by atoms with Gasteiger partial charge in [0.2, 0.25) is 0 Å². The van der Waals surface area contributed by atoms with Gasteiger partial charge in [0.1, 0.15) is 12.4 Å². The third-order valence-corrected chi connectivity index (χ3v) is 2.92. The lowest BCUT2D eigenvalue weighted by Gasteiger charge is -2.09. The number of benzene rings is 1. The lowest BCUT2D eigenvalue weighted by atomic mass is 10.1. The van der Waals surface area contributed by atoms with Crippen molar-refractivity contribution in [2.45, 2.75) is 13.0 Å². The Kier molecular flexibility index (Phi) is 5.34. The topological polar surface area (TPSA) is 38.7 Å². The van der Waals surface area contributed by atoms with E-state index in [0.717, 1.165) is 25.2 Å². The van der Waals surface area contributed by atoms with Crippen LogP contribution in [0.1, 0.15) is 17.5 Å². The molecule has 0 saturated carbocycles. The number of halogens is 1. The summed E-state index contributed by atoms with van der Waals surface area (Å²) in [7, 11) is 0. The molecular weight excluding hydrogens is 247 g/mol. The summed E-state index contributed by atoms with van der Waals surface area (Å²) in [5.41, 5.74) is 1.30. The molecule has 102 valence electrons. The van der Waals surface area contributed by atoms with Gasteiger partial charge in [0.15, 0.2) is 0 Å². The molecular formula is C15H17FO3. The summed E-state index contributed by atoms with van der Waals surface area (Å²) in [4.78, 5) is 0. The van der Waals surface area contributed by atoms with Crippen LogP contribution in [0.25, 0.3) is 0 Å². The van der Waals surface area contributed by atoms with Gasteiger partial charge in [-0.05, 0) is 30.2 Å². The van der Waals surface area contributed by atoms with E-state index in [4.69, 9.17) is 14.6 Å². The predicted octanol–water partition coefficient (Wildman–Crippen LogP) is 1.72. The SMILES string of the molecule is OCC#Cc1cc(F)cc(COCC2CCOC2)c1. The molecule has 1 aromatic carbocycles. The van der Waals surface area contributed by atoms with Crippen molar-refractivity contribution in [2.75, 3.05) is 26.4 Å². The Hall–Kier alpha value is -1.41. The maximum atomic E-state index is 13.4. The Morgan fingerprint density at radius 3 is 3.05 bits per heavy atom. The van der Waals surface area contributed by atoms with Crippen molar-refractivity contribution >= 4 is 0 Å². The second kappa shape index (κ2) is 7.25. The zero-order chi connectivity index (χ0) is 13.5. The van der Waals surface area contributed by atoms with Gasteiger partial charge >= 0.3 is 0 Å². The fourth-order valence-electron chi connectivity index (χ4n) is 2.01. The Morgan fingerprint density at radius 1 is 1.42 bits per heavy atom. The largest absolute Gasteiger partial charge is 0.384 e. The molecule has 1 unspecified atom stereocenters. The van der Waals surface area contributed by atoms with Crippen LogP contribution >= 0.6 is 0 Å². The van der Waals surface area contributed by atoms with Crippen molar-refractivity contribution in [3.05, 3.63) is 35.1 Å². The standard InChI is InChI=1S/C15H17FO3/c16-15-7-12(2-1-4-17)6-14(8-15)11-19-10-13-3-5-18-9-13/h6-8,13,17H,3-5,9-11H2. The van der Waals surface area contributed by atoms with Crippen LogP contribution < -0.4 is 0 Å². The third-order valence-electron chi connectivity index (χ3n) is 2.92. The minimum Gasteiger partial charge on any atom is -0.384 e. The maximum Gasteiger partial charge on any atom is 0.124 e. The van der Waals surface area contributed by atoms with E-state index in [1.54, 1.807) is 6.07 Å². The molecule has 0 spiro atoms.